The van der Waals surface area contributed by atoms with Gasteiger partial charge in [0.2, 0.25) is 5.75 Å². The van der Waals surface area contributed by atoms with Crippen molar-refractivity contribution in [3.8, 4) is 17.2 Å². The van der Waals surface area contributed by atoms with Gasteiger partial charge in [-0.3, -0.25) is 4.79 Å². The maximum Gasteiger partial charge on any atom is 0.454 e. The van der Waals surface area contributed by atoms with Gasteiger partial charge in [0.15, 0.2) is 11.5 Å². The van der Waals surface area contributed by atoms with Crippen molar-refractivity contribution < 1.29 is 32.2 Å². The van der Waals surface area contributed by atoms with E-state index in [2.05, 4.69) is 0 Å². The summed E-state index contributed by atoms with van der Waals surface area (Å²) in [6, 6.07) is 1.98. The number of rotatable bonds is 6. The summed E-state index contributed by atoms with van der Waals surface area (Å²) >= 11 is 0. The Bertz CT molecular complexity index is 458. The molecule has 20 heavy (non-hydrogen) atoms. The van der Waals surface area contributed by atoms with Crippen molar-refractivity contribution in [3.63, 3.8) is 0 Å². The van der Waals surface area contributed by atoms with Gasteiger partial charge in [0.1, 0.15) is 0 Å². The molecule has 0 N–H and O–H groups in total. The molecule has 0 atom stereocenters. The zero-order valence-corrected chi connectivity index (χ0v) is 11.3. The van der Waals surface area contributed by atoms with Gasteiger partial charge in [-0.1, -0.05) is 6.92 Å². The average molecular weight is 292 g/mol. The largest absolute Gasteiger partial charge is 0.493 e. The number of hydrogen-bond acceptors (Lipinski definition) is 4. The molecular formula is C13H15F3O4. The number of hydrogen-bond donors (Lipinski definition) is 0. The van der Waals surface area contributed by atoms with E-state index in [1.165, 1.54) is 14.2 Å². The molecule has 0 saturated heterocycles. The Morgan fingerprint density at radius 1 is 1.15 bits per heavy atom. The van der Waals surface area contributed by atoms with Crippen LogP contribution in [0.5, 0.6) is 17.2 Å². The first-order valence-corrected chi connectivity index (χ1v) is 5.85. The van der Waals surface area contributed by atoms with Crippen LogP contribution in [0.1, 0.15) is 23.7 Å². The predicted octanol–water partition coefficient (Wildman–Crippen LogP) is 3.24. The van der Waals surface area contributed by atoms with Gasteiger partial charge in [-0.25, -0.2) is 0 Å². The Kier molecular flexibility index (Phi) is 5.24. The van der Waals surface area contributed by atoms with E-state index in [4.69, 9.17) is 14.2 Å². The van der Waals surface area contributed by atoms with Crippen LogP contribution in [-0.4, -0.2) is 32.8 Å². The second-order valence-electron chi connectivity index (χ2n) is 3.89. The summed E-state index contributed by atoms with van der Waals surface area (Å²) in [6.07, 6.45) is -4.25. The lowest BCUT2D eigenvalue weighted by molar-refractivity contribution is -0.0885. The Labute approximate surface area is 114 Å². The minimum atomic E-state index is -4.96. The molecule has 0 aliphatic rings. The molecule has 0 amide bonds. The molecular weight excluding hydrogens is 277 g/mol. The van der Waals surface area contributed by atoms with E-state index in [0.29, 0.717) is 13.0 Å². The van der Waals surface area contributed by atoms with Gasteiger partial charge < -0.3 is 14.2 Å². The summed E-state index contributed by atoms with van der Waals surface area (Å²) in [5.41, 5.74) is -0.560. The van der Waals surface area contributed by atoms with E-state index in [0.717, 1.165) is 12.1 Å². The van der Waals surface area contributed by atoms with Gasteiger partial charge in [-0.2, -0.15) is 13.2 Å². The molecule has 0 fully saturated rings. The van der Waals surface area contributed by atoms with Gasteiger partial charge in [0, 0.05) is 5.56 Å². The van der Waals surface area contributed by atoms with Crippen molar-refractivity contribution in [2.45, 2.75) is 19.5 Å². The number of ketones is 1. The molecule has 0 radical (unpaired) electrons. The molecule has 0 unspecified atom stereocenters. The van der Waals surface area contributed by atoms with E-state index in [-0.39, 0.29) is 17.2 Å². The maximum atomic E-state index is 12.4. The second-order valence-corrected chi connectivity index (χ2v) is 3.89. The predicted molar refractivity (Wildman–Crippen MR) is 65.7 cm³/mol. The number of benzene rings is 1. The molecule has 1 aromatic carbocycles. The van der Waals surface area contributed by atoms with Crippen molar-refractivity contribution in [3.05, 3.63) is 17.7 Å². The minimum absolute atomic E-state index is 0.0189. The molecule has 112 valence electrons. The summed E-state index contributed by atoms with van der Waals surface area (Å²) in [7, 11) is 2.55. The van der Waals surface area contributed by atoms with Crippen LogP contribution in [0.3, 0.4) is 0 Å². The van der Waals surface area contributed by atoms with Crippen LogP contribution < -0.4 is 14.2 Å². The number of alkyl halides is 3. The molecule has 0 aliphatic carbocycles. The fourth-order valence-electron chi connectivity index (χ4n) is 1.52. The first-order chi connectivity index (χ1) is 9.35. The highest BCUT2D eigenvalue weighted by Crippen LogP contribution is 2.39. The van der Waals surface area contributed by atoms with E-state index >= 15 is 0 Å². The van der Waals surface area contributed by atoms with Crippen LogP contribution in [0.25, 0.3) is 0 Å². The highest BCUT2D eigenvalue weighted by Gasteiger charge is 2.40. The van der Waals surface area contributed by atoms with Crippen molar-refractivity contribution in [1.29, 1.82) is 0 Å². The highest BCUT2D eigenvalue weighted by molar-refractivity contribution is 6.01. The molecule has 0 saturated carbocycles. The molecule has 1 rings (SSSR count). The van der Waals surface area contributed by atoms with Gasteiger partial charge in [-0.15, -0.1) is 0 Å². The zero-order chi connectivity index (χ0) is 15.3. The minimum Gasteiger partial charge on any atom is -0.493 e. The Hall–Kier alpha value is -1.92. The third kappa shape index (κ3) is 3.55. The number of carbonyl (C=O) groups excluding carboxylic acids is 1. The molecule has 0 aromatic heterocycles. The van der Waals surface area contributed by atoms with Gasteiger partial charge in [0.05, 0.1) is 20.8 Å². The zero-order valence-electron chi connectivity index (χ0n) is 11.3. The molecule has 0 bridgehead atoms. The smallest absolute Gasteiger partial charge is 0.454 e. The number of methoxy groups -OCH3 is 2. The van der Waals surface area contributed by atoms with E-state index in [9.17, 15) is 18.0 Å². The first kappa shape index (κ1) is 16.1. The first-order valence-electron chi connectivity index (χ1n) is 5.85. The van der Waals surface area contributed by atoms with E-state index < -0.39 is 17.5 Å². The SMILES string of the molecule is CCCOc1c(OC)cc(C(=O)C(F)(F)F)cc1OC. The third-order valence-corrected chi connectivity index (χ3v) is 2.43. The highest BCUT2D eigenvalue weighted by atomic mass is 19.4. The fourth-order valence-corrected chi connectivity index (χ4v) is 1.52. The summed E-state index contributed by atoms with van der Waals surface area (Å²) in [6.45, 7) is 2.22. The van der Waals surface area contributed by atoms with Crippen LogP contribution in [0.4, 0.5) is 13.2 Å². The quantitative estimate of drug-likeness (QED) is 0.755. The molecule has 1 aromatic rings. The van der Waals surface area contributed by atoms with Gasteiger partial charge in [-0.05, 0) is 18.6 Å². The topological polar surface area (TPSA) is 44.8 Å². The normalized spacial score (nSPS) is 11.1. The van der Waals surface area contributed by atoms with Gasteiger partial charge in [0.25, 0.3) is 5.78 Å². The summed E-state index contributed by atoms with van der Waals surface area (Å²) < 4.78 is 52.6. The number of carbonyl (C=O) groups is 1. The van der Waals surface area contributed by atoms with Crippen LogP contribution in [-0.2, 0) is 0 Å². The number of halogens is 3. The third-order valence-electron chi connectivity index (χ3n) is 2.43. The lowest BCUT2D eigenvalue weighted by Gasteiger charge is -2.16. The molecule has 7 heteroatoms. The van der Waals surface area contributed by atoms with Crippen LogP contribution >= 0.6 is 0 Å². The van der Waals surface area contributed by atoms with Crippen molar-refractivity contribution in [2.24, 2.45) is 0 Å². The average Bonchev–Trinajstić information content (AvgIpc) is 2.42. The Morgan fingerprint density at radius 3 is 2.00 bits per heavy atom. The molecule has 0 aliphatic heterocycles. The van der Waals surface area contributed by atoms with Gasteiger partial charge >= 0.3 is 6.18 Å². The Balaban J connectivity index is 3.28. The lowest BCUT2D eigenvalue weighted by atomic mass is 10.1. The number of Topliss-reactive ketones (excluding diaryl/α,β-unsaturated/α-hetero) is 1. The number of ether oxygens (including phenoxy) is 3. The maximum absolute atomic E-state index is 12.4. The standard InChI is InChI=1S/C13H15F3O4/c1-4-5-20-11-9(18-2)6-8(7-10(11)19-3)12(17)13(14,15)16/h6-7H,4-5H2,1-3H3. The van der Waals surface area contributed by atoms with Crippen molar-refractivity contribution >= 4 is 5.78 Å². The van der Waals surface area contributed by atoms with Crippen LogP contribution in [0, 0.1) is 0 Å². The fraction of sp³-hybridized carbons (Fsp3) is 0.462. The molecule has 4 nitrogen and oxygen atoms in total. The molecule has 0 spiro atoms. The van der Waals surface area contributed by atoms with Crippen LogP contribution in [0.2, 0.25) is 0 Å². The summed E-state index contributed by atoms with van der Waals surface area (Å²) in [5.74, 6) is -1.75. The lowest BCUT2D eigenvalue weighted by Crippen LogP contribution is -2.22. The van der Waals surface area contributed by atoms with Crippen molar-refractivity contribution in [2.75, 3.05) is 20.8 Å². The molecule has 0 heterocycles. The summed E-state index contributed by atoms with van der Waals surface area (Å²) in [4.78, 5) is 11.3. The van der Waals surface area contributed by atoms with E-state index in [1.54, 1.807) is 0 Å². The summed E-state index contributed by atoms with van der Waals surface area (Å²) in [5, 5.41) is 0. The Morgan fingerprint density at radius 2 is 1.65 bits per heavy atom. The van der Waals surface area contributed by atoms with Crippen molar-refractivity contribution in [1.82, 2.24) is 0 Å². The van der Waals surface area contributed by atoms with Crippen LogP contribution in [0.15, 0.2) is 12.1 Å². The monoisotopic (exact) mass is 292 g/mol. The van der Waals surface area contributed by atoms with E-state index in [1.807, 2.05) is 6.92 Å². The second kappa shape index (κ2) is 6.49.